The predicted molar refractivity (Wildman–Crippen MR) is 132 cm³/mol. The lowest BCUT2D eigenvalue weighted by Gasteiger charge is -2.44. The number of imide groups is 1. The van der Waals surface area contributed by atoms with Gasteiger partial charge in [0.2, 0.25) is 0 Å². The maximum absolute atomic E-state index is 14.0. The normalized spacial score (nSPS) is 16.8. The van der Waals surface area contributed by atoms with Crippen LogP contribution in [0.4, 0.5) is 5.69 Å². The Morgan fingerprint density at radius 1 is 1.03 bits per heavy atom. The number of carbonyl (C=O) groups excluding carboxylic acids is 3. The summed E-state index contributed by atoms with van der Waals surface area (Å²) in [5.74, 6) is -0.581. The van der Waals surface area contributed by atoms with Crippen molar-refractivity contribution >= 4 is 56.3 Å². The standard InChI is InChI=1S/C24H20N2O4S3/c1-12(25-21(28)14-7-5-6-8-15(14)22(25)29)20(27)26-17-10-9-13(30-4)11-16(17)18-19(24(26,2)3)32-33-23(18)31/h5-12H,1-4H3/t12-/m0/s1. The van der Waals surface area contributed by atoms with Gasteiger partial charge in [0.25, 0.3) is 17.7 Å². The Morgan fingerprint density at radius 3 is 2.27 bits per heavy atom. The number of ether oxygens (including phenoxy) is 1. The molecule has 3 heterocycles. The maximum Gasteiger partial charge on any atom is 0.262 e. The Balaban J connectivity index is 1.62. The zero-order valence-corrected chi connectivity index (χ0v) is 20.8. The summed E-state index contributed by atoms with van der Waals surface area (Å²) in [4.78, 5) is 43.8. The second-order valence-corrected chi connectivity index (χ2v) is 11.3. The molecule has 168 valence electrons. The van der Waals surface area contributed by atoms with Crippen molar-refractivity contribution in [2.75, 3.05) is 12.0 Å². The highest BCUT2D eigenvalue weighted by atomic mass is 32.9. The Morgan fingerprint density at radius 2 is 1.67 bits per heavy atom. The summed E-state index contributed by atoms with van der Waals surface area (Å²) < 4.78 is 6.19. The number of nitrogens with zero attached hydrogens (tertiary/aromatic N) is 2. The molecule has 5 rings (SSSR count). The second-order valence-electron chi connectivity index (χ2n) is 8.48. The fraction of sp³-hybridized carbons (Fsp3) is 0.250. The van der Waals surface area contributed by atoms with Crippen LogP contribution in [-0.2, 0) is 10.3 Å². The van der Waals surface area contributed by atoms with Crippen LogP contribution in [0.2, 0.25) is 0 Å². The largest absolute Gasteiger partial charge is 0.497 e. The monoisotopic (exact) mass is 496 g/mol. The molecular formula is C24H20N2O4S3. The molecule has 0 aliphatic carbocycles. The van der Waals surface area contributed by atoms with Gasteiger partial charge in [-0.3, -0.25) is 24.2 Å². The first-order valence-corrected chi connectivity index (χ1v) is 12.9. The minimum Gasteiger partial charge on any atom is -0.497 e. The van der Waals surface area contributed by atoms with Gasteiger partial charge < -0.3 is 4.74 Å². The van der Waals surface area contributed by atoms with E-state index in [4.69, 9.17) is 17.0 Å². The molecule has 0 saturated heterocycles. The van der Waals surface area contributed by atoms with E-state index in [9.17, 15) is 14.4 Å². The molecule has 0 spiro atoms. The van der Waals surface area contributed by atoms with E-state index < -0.39 is 23.4 Å². The first kappa shape index (κ1) is 21.9. The van der Waals surface area contributed by atoms with Crippen molar-refractivity contribution < 1.29 is 19.1 Å². The Bertz CT molecular complexity index is 1370. The lowest BCUT2D eigenvalue weighted by molar-refractivity contribution is -0.123. The molecule has 0 bridgehead atoms. The summed E-state index contributed by atoms with van der Waals surface area (Å²) in [6, 6.07) is 11.2. The number of benzene rings is 2. The van der Waals surface area contributed by atoms with Crippen LogP contribution >= 0.6 is 32.9 Å². The van der Waals surface area contributed by atoms with Crippen LogP contribution in [0.5, 0.6) is 5.75 Å². The first-order chi connectivity index (χ1) is 15.7. The summed E-state index contributed by atoms with van der Waals surface area (Å²) in [7, 11) is 4.64. The van der Waals surface area contributed by atoms with Crippen molar-refractivity contribution in [2.24, 2.45) is 0 Å². The molecule has 0 N–H and O–H groups in total. The molecule has 0 saturated carbocycles. The van der Waals surface area contributed by atoms with E-state index in [0.29, 0.717) is 22.6 Å². The molecule has 3 aromatic rings. The predicted octanol–water partition coefficient (Wildman–Crippen LogP) is 5.48. The Labute approximate surface area is 203 Å². The third-order valence-corrected chi connectivity index (χ3v) is 9.58. The highest BCUT2D eigenvalue weighted by molar-refractivity contribution is 7.80. The van der Waals surface area contributed by atoms with E-state index in [-0.39, 0.29) is 5.91 Å². The minimum atomic E-state index is -0.986. The highest BCUT2D eigenvalue weighted by Crippen LogP contribution is 2.53. The van der Waals surface area contributed by atoms with Crippen LogP contribution < -0.4 is 9.64 Å². The van der Waals surface area contributed by atoms with Crippen LogP contribution in [0, 0.1) is 3.82 Å². The Hall–Kier alpha value is -2.88. The van der Waals surface area contributed by atoms with Crippen molar-refractivity contribution in [3.05, 3.63) is 62.3 Å². The number of hydrogen-bond donors (Lipinski definition) is 0. The number of carbonyl (C=O) groups is 3. The number of anilines is 1. The SMILES string of the molecule is COc1ccc2c(c1)-c1c(ssc1=S)C(C)(C)N2C(=O)[C@H](C)N1C(=O)c2ccccc2C1=O. The molecule has 0 fully saturated rings. The Kier molecular flexibility index (Phi) is 5.04. The van der Waals surface area contributed by atoms with Gasteiger partial charge in [0, 0.05) is 11.1 Å². The summed E-state index contributed by atoms with van der Waals surface area (Å²) in [6.07, 6.45) is 0. The van der Waals surface area contributed by atoms with Gasteiger partial charge in [-0.05, 0) is 51.1 Å². The fourth-order valence-corrected chi connectivity index (χ4v) is 7.87. The van der Waals surface area contributed by atoms with E-state index in [1.807, 2.05) is 26.0 Å². The highest BCUT2D eigenvalue weighted by Gasteiger charge is 2.48. The summed E-state index contributed by atoms with van der Waals surface area (Å²) in [5, 5.41) is 0. The molecule has 2 aliphatic heterocycles. The number of methoxy groups -OCH3 is 1. The molecule has 1 atom stereocenters. The molecule has 2 aliphatic rings. The van der Waals surface area contributed by atoms with Gasteiger partial charge in [-0.1, -0.05) is 45.0 Å². The van der Waals surface area contributed by atoms with Gasteiger partial charge >= 0.3 is 0 Å². The van der Waals surface area contributed by atoms with Crippen molar-refractivity contribution in [2.45, 2.75) is 32.4 Å². The smallest absolute Gasteiger partial charge is 0.262 e. The van der Waals surface area contributed by atoms with Gasteiger partial charge in [-0.15, -0.1) is 0 Å². The molecule has 0 radical (unpaired) electrons. The zero-order valence-electron chi connectivity index (χ0n) is 18.4. The average molecular weight is 497 g/mol. The van der Waals surface area contributed by atoms with E-state index in [0.717, 1.165) is 24.7 Å². The van der Waals surface area contributed by atoms with E-state index in [1.165, 1.54) is 10.3 Å². The lowest BCUT2D eigenvalue weighted by Crippen LogP contribution is -2.56. The van der Waals surface area contributed by atoms with E-state index >= 15 is 0 Å². The van der Waals surface area contributed by atoms with Crippen molar-refractivity contribution in [1.29, 1.82) is 0 Å². The zero-order chi connectivity index (χ0) is 23.7. The first-order valence-electron chi connectivity index (χ1n) is 10.3. The van der Waals surface area contributed by atoms with E-state index in [1.54, 1.807) is 59.6 Å². The maximum atomic E-state index is 14.0. The van der Waals surface area contributed by atoms with Gasteiger partial charge in [-0.2, -0.15) is 0 Å². The van der Waals surface area contributed by atoms with Crippen LogP contribution in [-0.4, -0.2) is 35.8 Å². The van der Waals surface area contributed by atoms with E-state index in [2.05, 4.69) is 0 Å². The van der Waals surface area contributed by atoms with Gasteiger partial charge in [0.05, 0.1) is 34.3 Å². The quantitative estimate of drug-likeness (QED) is 0.273. The lowest BCUT2D eigenvalue weighted by atomic mass is 9.86. The summed E-state index contributed by atoms with van der Waals surface area (Å²) in [6.45, 7) is 5.53. The van der Waals surface area contributed by atoms with Crippen molar-refractivity contribution in [1.82, 2.24) is 4.90 Å². The fourth-order valence-electron chi connectivity index (χ4n) is 4.59. The van der Waals surface area contributed by atoms with Crippen LogP contribution in [0.25, 0.3) is 11.1 Å². The van der Waals surface area contributed by atoms with Crippen molar-refractivity contribution in [3.63, 3.8) is 0 Å². The molecule has 9 heteroatoms. The molecule has 0 unspecified atom stereocenters. The molecule has 2 aromatic carbocycles. The number of fused-ring (bicyclic) bond motifs is 4. The number of amides is 3. The van der Waals surface area contributed by atoms with Crippen LogP contribution in [0.1, 0.15) is 46.4 Å². The van der Waals surface area contributed by atoms with Crippen LogP contribution in [0.15, 0.2) is 42.5 Å². The minimum absolute atomic E-state index is 0.322. The van der Waals surface area contributed by atoms with Gasteiger partial charge in [0.1, 0.15) is 15.6 Å². The summed E-state index contributed by atoms with van der Waals surface area (Å²) in [5.41, 5.74) is 2.36. The molecular weight excluding hydrogens is 476 g/mol. The average Bonchev–Trinajstić information content (AvgIpc) is 3.31. The third-order valence-electron chi connectivity index (χ3n) is 6.25. The van der Waals surface area contributed by atoms with Gasteiger partial charge in [-0.25, -0.2) is 0 Å². The van der Waals surface area contributed by atoms with Crippen molar-refractivity contribution in [3.8, 4) is 16.9 Å². The third kappa shape index (κ3) is 3.03. The number of rotatable bonds is 3. The topological polar surface area (TPSA) is 66.9 Å². The molecule has 6 nitrogen and oxygen atoms in total. The molecule has 1 aromatic heterocycles. The number of hydrogen-bond acceptors (Lipinski definition) is 7. The molecule has 3 amide bonds. The van der Waals surface area contributed by atoms with Gasteiger partial charge in [0.15, 0.2) is 0 Å². The summed E-state index contributed by atoms with van der Waals surface area (Å²) >= 11 is 5.63. The molecule has 33 heavy (non-hydrogen) atoms. The second kappa shape index (κ2) is 7.58. The van der Waals surface area contributed by atoms with Crippen LogP contribution in [0.3, 0.4) is 0 Å².